The maximum Gasteiger partial charge on any atom is 0.128 e. The molecule has 0 aliphatic carbocycles. The number of benzene rings is 3. The van der Waals surface area contributed by atoms with E-state index in [4.69, 9.17) is 27.9 Å². The normalized spacial score (nSPS) is 10.9. The van der Waals surface area contributed by atoms with Crippen molar-refractivity contribution in [2.45, 2.75) is 6.61 Å². The molecule has 0 aliphatic rings. The average molecular weight is 356 g/mol. The molecule has 0 atom stereocenters. The van der Waals surface area contributed by atoms with Crippen molar-refractivity contribution in [3.63, 3.8) is 0 Å². The van der Waals surface area contributed by atoms with Gasteiger partial charge in [-0.2, -0.15) is 0 Å². The van der Waals surface area contributed by atoms with Crippen LogP contribution in [0.4, 0.5) is 5.69 Å². The van der Waals surface area contributed by atoms with Gasteiger partial charge in [-0.3, -0.25) is 4.99 Å². The molecule has 0 N–H and O–H groups in total. The highest BCUT2D eigenvalue weighted by molar-refractivity contribution is 6.31. The summed E-state index contributed by atoms with van der Waals surface area (Å²) in [6.45, 7) is 0.382. The first-order chi connectivity index (χ1) is 11.7. The number of ether oxygens (including phenoxy) is 1. The Labute approximate surface area is 151 Å². The molecule has 24 heavy (non-hydrogen) atoms. The van der Waals surface area contributed by atoms with Crippen molar-refractivity contribution in [2.75, 3.05) is 0 Å². The monoisotopic (exact) mass is 355 g/mol. The molecule has 120 valence electrons. The zero-order valence-corrected chi connectivity index (χ0v) is 14.3. The van der Waals surface area contributed by atoms with Crippen molar-refractivity contribution in [2.24, 2.45) is 4.99 Å². The summed E-state index contributed by atoms with van der Waals surface area (Å²) in [6.07, 6.45) is 1.75. The molecule has 0 heterocycles. The Balaban J connectivity index is 1.81. The molecule has 0 aliphatic heterocycles. The van der Waals surface area contributed by atoms with Gasteiger partial charge in [0.2, 0.25) is 0 Å². The maximum absolute atomic E-state index is 6.17. The number of rotatable bonds is 5. The van der Waals surface area contributed by atoms with E-state index in [0.717, 1.165) is 16.8 Å². The van der Waals surface area contributed by atoms with Crippen molar-refractivity contribution in [3.8, 4) is 5.75 Å². The molecule has 0 bridgehead atoms. The highest BCUT2D eigenvalue weighted by Gasteiger charge is 2.05. The lowest BCUT2D eigenvalue weighted by Crippen LogP contribution is -1.99. The Morgan fingerprint density at radius 1 is 0.875 bits per heavy atom. The molecule has 0 spiro atoms. The van der Waals surface area contributed by atoms with Crippen LogP contribution in [0.3, 0.4) is 0 Å². The van der Waals surface area contributed by atoms with Gasteiger partial charge in [0.25, 0.3) is 0 Å². The molecule has 3 aromatic rings. The first kappa shape index (κ1) is 16.6. The van der Waals surface area contributed by atoms with Crippen LogP contribution in [0.25, 0.3) is 0 Å². The van der Waals surface area contributed by atoms with Crippen LogP contribution in [0.5, 0.6) is 5.75 Å². The molecule has 4 heteroatoms. The molecule has 0 saturated carbocycles. The zero-order valence-electron chi connectivity index (χ0n) is 12.8. The molecule has 0 aromatic heterocycles. The largest absolute Gasteiger partial charge is 0.488 e. The fraction of sp³-hybridized carbons (Fsp3) is 0.0500. The zero-order chi connectivity index (χ0) is 16.8. The highest BCUT2D eigenvalue weighted by atomic mass is 35.5. The minimum Gasteiger partial charge on any atom is -0.488 e. The number of aliphatic imine (C=N–C) groups is 1. The minimum absolute atomic E-state index is 0.382. The summed E-state index contributed by atoms with van der Waals surface area (Å²) in [5.41, 5.74) is 2.62. The average Bonchev–Trinajstić information content (AvgIpc) is 2.61. The molecule has 0 fully saturated rings. The fourth-order valence-electron chi connectivity index (χ4n) is 2.18. The molecule has 3 rings (SSSR count). The lowest BCUT2D eigenvalue weighted by Gasteiger charge is -2.10. The number of para-hydroxylation sites is 1. The van der Waals surface area contributed by atoms with E-state index in [-0.39, 0.29) is 0 Å². The van der Waals surface area contributed by atoms with Crippen molar-refractivity contribution in [3.05, 3.63) is 94.0 Å². The van der Waals surface area contributed by atoms with Gasteiger partial charge in [0.05, 0.1) is 5.69 Å². The van der Waals surface area contributed by atoms with E-state index in [0.29, 0.717) is 22.4 Å². The van der Waals surface area contributed by atoms with Gasteiger partial charge in [-0.1, -0.05) is 59.6 Å². The highest BCUT2D eigenvalue weighted by Crippen LogP contribution is 2.24. The Bertz CT molecular complexity index is 847. The number of hydrogen-bond acceptors (Lipinski definition) is 2. The molecular formula is C20H15Cl2NO. The summed E-state index contributed by atoms with van der Waals surface area (Å²) in [5, 5.41) is 1.32. The number of hydrogen-bond donors (Lipinski definition) is 0. The quantitative estimate of drug-likeness (QED) is 0.490. The molecular weight excluding hydrogens is 341 g/mol. The van der Waals surface area contributed by atoms with Gasteiger partial charge < -0.3 is 4.74 Å². The first-order valence-corrected chi connectivity index (χ1v) is 8.23. The summed E-state index contributed by atoms with van der Waals surface area (Å²) < 4.78 is 5.91. The topological polar surface area (TPSA) is 21.6 Å². The third-order valence-electron chi connectivity index (χ3n) is 3.42. The Hall–Kier alpha value is -2.29. The standard InChI is InChI=1S/C20H15Cl2NO/c21-17-10-11-20(24-14-15-6-4-5-9-19(15)22)16(12-17)13-23-18-7-2-1-3-8-18/h1-13H,14H2. The molecule has 0 unspecified atom stereocenters. The van der Waals surface area contributed by atoms with Crippen LogP contribution in [0.15, 0.2) is 77.8 Å². The van der Waals surface area contributed by atoms with Gasteiger partial charge in [-0.05, 0) is 36.4 Å². The van der Waals surface area contributed by atoms with Crippen LogP contribution in [-0.4, -0.2) is 6.21 Å². The van der Waals surface area contributed by atoms with E-state index in [2.05, 4.69) is 4.99 Å². The van der Waals surface area contributed by atoms with Crippen molar-refractivity contribution in [1.82, 2.24) is 0 Å². The van der Waals surface area contributed by atoms with Crippen molar-refractivity contribution in [1.29, 1.82) is 0 Å². The van der Waals surface area contributed by atoms with Crippen LogP contribution >= 0.6 is 23.2 Å². The van der Waals surface area contributed by atoms with E-state index in [1.807, 2.05) is 66.7 Å². The number of halogens is 2. The summed E-state index contributed by atoms with van der Waals surface area (Å²) in [4.78, 5) is 4.46. The summed E-state index contributed by atoms with van der Waals surface area (Å²) in [7, 11) is 0. The van der Waals surface area contributed by atoms with E-state index >= 15 is 0 Å². The van der Waals surface area contributed by atoms with Gasteiger partial charge in [0.1, 0.15) is 12.4 Å². The van der Waals surface area contributed by atoms with Gasteiger partial charge >= 0.3 is 0 Å². The van der Waals surface area contributed by atoms with Gasteiger partial charge in [0, 0.05) is 27.4 Å². The van der Waals surface area contributed by atoms with Crippen LogP contribution in [0, 0.1) is 0 Å². The van der Waals surface area contributed by atoms with E-state index in [1.54, 1.807) is 12.3 Å². The third-order valence-corrected chi connectivity index (χ3v) is 4.03. The molecule has 2 nitrogen and oxygen atoms in total. The van der Waals surface area contributed by atoms with Gasteiger partial charge in [0.15, 0.2) is 0 Å². The first-order valence-electron chi connectivity index (χ1n) is 7.47. The van der Waals surface area contributed by atoms with E-state index < -0.39 is 0 Å². The Morgan fingerprint density at radius 2 is 1.62 bits per heavy atom. The summed E-state index contributed by atoms with van der Waals surface area (Å²) >= 11 is 12.3. The fourth-order valence-corrected chi connectivity index (χ4v) is 2.55. The number of nitrogens with zero attached hydrogens (tertiary/aromatic N) is 1. The summed E-state index contributed by atoms with van der Waals surface area (Å²) in [5.74, 6) is 0.707. The third kappa shape index (κ3) is 4.38. The van der Waals surface area contributed by atoms with Crippen LogP contribution in [0.2, 0.25) is 10.0 Å². The SMILES string of the molecule is Clc1ccc(OCc2ccccc2Cl)c(C=Nc2ccccc2)c1. The molecule has 0 amide bonds. The Morgan fingerprint density at radius 3 is 2.42 bits per heavy atom. The van der Waals surface area contributed by atoms with Gasteiger partial charge in [-0.15, -0.1) is 0 Å². The van der Waals surface area contributed by atoms with Crippen LogP contribution in [0.1, 0.15) is 11.1 Å². The second-order valence-electron chi connectivity index (χ2n) is 5.16. The molecule has 0 radical (unpaired) electrons. The Kier molecular flexibility index (Phi) is 5.52. The second kappa shape index (κ2) is 8.00. The smallest absolute Gasteiger partial charge is 0.128 e. The van der Waals surface area contributed by atoms with Crippen molar-refractivity contribution < 1.29 is 4.74 Å². The van der Waals surface area contributed by atoms with E-state index in [9.17, 15) is 0 Å². The van der Waals surface area contributed by atoms with Gasteiger partial charge in [-0.25, -0.2) is 0 Å². The maximum atomic E-state index is 6.17. The predicted molar refractivity (Wildman–Crippen MR) is 101 cm³/mol. The van der Waals surface area contributed by atoms with Crippen molar-refractivity contribution >= 4 is 35.1 Å². The molecule has 0 saturated heterocycles. The summed E-state index contributed by atoms with van der Waals surface area (Å²) in [6, 6.07) is 22.8. The minimum atomic E-state index is 0.382. The predicted octanol–water partition coefficient (Wildman–Crippen LogP) is 6.32. The second-order valence-corrected chi connectivity index (χ2v) is 6.00. The van der Waals surface area contributed by atoms with Crippen LogP contribution < -0.4 is 4.74 Å². The lowest BCUT2D eigenvalue weighted by atomic mass is 10.2. The van der Waals surface area contributed by atoms with Crippen LogP contribution in [-0.2, 0) is 6.61 Å². The lowest BCUT2D eigenvalue weighted by molar-refractivity contribution is 0.306. The molecule has 3 aromatic carbocycles. The van der Waals surface area contributed by atoms with E-state index in [1.165, 1.54) is 0 Å².